The number of nitrogens with zero attached hydrogens (tertiary/aromatic N) is 3. The van der Waals surface area contributed by atoms with E-state index in [-0.39, 0.29) is 29.8 Å². The Kier molecular flexibility index (Phi) is 3.24. The van der Waals surface area contributed by atoms with E-state index in [1.165, 1.54) is 17.3 Å². The van der Waals surface area contributed by atoms with Crippen LogP contribution in [0.4, 0.5) is 5.82 Å². The zero-order valence-electron chi connectivity index (χ0n) is 8.38. The molecule has 1 atom stereocenters. The van der Waals surface area contributed by atoms with Crippen molar-refractivity contribution < 1.29 is 13.2 Å². The molecule has 0 bridgehead atoms. The van der Waals surface area contributed by atoms with E-state index in [2.05, 4.69) is 9.97 Å². The first-order valence-electron chi connectivity index (χ1n) is 4.59. The molecule has 2 rings (SSSR count). The van der Waals surface area contributed by atoms with Crippen LogP contribution in [0.5, 0.6) is 0 Å². The van der Waals surface area contributed by atoms with E-state index in [9.17, 15) is 13.2 Å². The van der Waals surface area contributed by atoms with Gasteiger partial charge in [0.2, 0.25) is 15.0 Å². The fraction of sp³-hybridized carbons (Fsp3) is 0.375. The number of hydrogen-bond donors (Lipinski definition) is 0. The molecule has 1 aromatic heterocycles. The molecule has 0 aliphatic carbocycles. The summed E-state index contributed by atoms with van der Waals surface area (Å²) >= 11 is 5.64. The Morgan fingerprint density at radius 1 is 1.41 bits per heavy atom. The van der Waals surface area contributed by atoms with Gasteiger partial charge in [-0.3, -0.25) is 14.7 Å². The van der Waals surface area contributed by atoms with E-state index in [1.54, 1.807) is 0 Å². The molecule has 1 aromatic rings. The van der Waals surface area contributed by atoms with Crippen LogP contribution in [0, 0.1) is 0 Å². The summed E-state index contributed by atoms with van der Waals surface area (Å²) in [4.78, 5) is 20.5. The highest BCUT2D eigenvalue weighted by Crippen LogP contribution is 2.25. The predicted molar refractivity (Wildman–Crippen MR) is 62.6 cm³/mol. The average molecular weight is 296 g/mol. The van der Waals surface area contributed by atoms with Crippen molar-refractivity contribution in [2.24, 2.45) is 0 Å². The van der Waals surface area contributed by atoms with E-state index in [4.69, 9.17) is 22.3 Å². The minimum absolute atomic E-state index is 0.0281. The number of halogens is 2. The molecule has 0 spiro atoms. The van der Waals surface area contributed by atoms with Crippen LogP contribution in [0.25, 0.3) is 0 Å². The van der Waals surface area contributed by atoms with Gasteiger partial charge in [0, 0.05) is 23.6 Å². The van der Waals surface area contributed by atoms with Crippen LogP contribution in [0.2, 0.25) is 5.15 Å². The molecule has 1 saturated heterocycles. The smallest absolute Gasteiger partial charge is 0.237 e. The monoisotopic (exact) mass is 295 g/mol. The van der Waals surface area contributed by atoms with Crippen LogP contribution < -0.4 is 4.90 Å². The second-order valence-electron chi connectivity index (χ2n) is 3.51. The second kappa shape index (κ2) is 4.40. The van der Waals surface area contributed by atoms with Gasteiger partial charge in [-0.2, -0.15) is 0 Å². The molecule has 1 unspecified atom stereocenters. The Hall–Kier alpha value is -0.920. The normalized spacial score (nSPS) is 20.9. The Morgan fingerprint density at radius 3 is 2.65 bits per heavy atom. The van der Waals surface area contributed by atoms with Gasteiger partial charge in [0.15, 0.2) is 5.82 Å². The van der Waals surface area contributed by atoms with Crippen LogP contribution in [-0.4, -0.2) is 36.1 Å². The summed E-state index contributed by atoms with van der Waals surface area (Å²) in [6, 6.07) is 0. The van der Waals surface area contributed by atoms with Gasteiger partial charge in [0.05, 0.1) is 12.4 Å². The van der Waals surface area contributed by atoms with Crippen molar-refractivity contribution in [2.75, 3.05) is 11.4 Å². The Balaban J connectivity index is 2.28. The van der Waals surface area contributed by atoms with Crippen molar-refractivity contribution in [3.63, 3.8) is 0 Å². The van der Waals surface area contributed by atoms with Gasteiger partial charge in [-0.1, -0.05) is 11.6 Å². The Labute approximate surface area is 107 Å². The predicted octanol–water partition coefficient (Wildman–Crippen LogP) is 0.804. The average Bonchev–Trinajstić information content (AvgIpc) is 2.60. The first-order valence-corrected chi connectivity index (χ1v) is 7.34. The van der Waals surface area contributed by atoms with Gasteiger partial charge in [0.25, 0.3) is 0 Å². The van der Waals surface area contributed by atoms with Gasteiger partial charge < -0.3 is 0 Å². The fourth-order valence-electron chi connectivity index (χ4n) is 1.55. The molecule has 2 heterocycles. The van der Waals surface area contributed by atoms with Crippen LogP contribution >= 0.6 is 22.3 Å². The van der Waals surface area contributed by atoms with E-state index < -0.39 is 14.3 Å². The van der Waals surface area contributed by atoms with Crippen molar-refractivity contribution in [2.45, 2.75) is 11.7 Å². The molecule has 92 valence electrons. The zero-order valence-corrected chi connectivity index (χ0v) is 10.7. The lowest BCUT2D eigenvalue weighted by atomic mass is 10.4. The van der Waals surface area contributed by atoms with Crippen LogP contribution in [0.3, 0.4) is 0 Å². The van der Waals surface area contributed by atoms with E-state index in [1.807, 2.05) is 0 Å². The van der Waals surface area contributed by atoms with E-state index >= 15 is 0 Å². The molecular formula is C8H7Cl2N3O3S. The van der Waals surface area contributed by atoms with Gasteiger partial charge in [0.1, 0.15) is 10.4 Å². The number of hydrogen-bond acceptors (Lipinski definition) is 5. The highest BCUT2D eigenvalue weighted by Gasteiger charge is 2.38. The summed E-state index contributed by atoms with van der Waals surface area (Å²) in [5.74, 6) is -0.138. The van der Waals surface area contributed by atoms with Crippen LogP contribution in [-0.2, 0) is 13.8 Å². The maximum Gasteiger partial charge on any atom is 0.237 e. The van der Waals surface area contributed by atoms with Crippen molar-refractivity contribution in [1.82, 2.24) is 9.97 Å². The first kappa shape index (κ1) is 12.5. The van der Waals surface area contributed by atoms with Gasteiger partial charge in [-0.05, 0) is 0 Å². The third-order valence-electron chi connectivity index (χ3n) is 2.36. The van der Waals surface area contributed by atoms with Crippen LogP contribution in [0.1, 0.15) is 6.42 Å². The number of anilines is 1. The van der Waals surface area contributed by atoms with Crippen LogP contribution in [0.15, 0.2) is 12.4 Å². The number of carbonyl (C=O) groups excluding carboxylic acids is 1. The van der Waals surface area contributed by atoms with E-state index in [0.717, 1.165) is 0 Å². The second-order valence-corrected chi connectivity index (χ2v) is 6.80. The molecule has 0 aromatic carbocycles. The summed E-state index contributed by atoms with van der Waals surface area (Å²) < 4.78 is 22.3. The summed E-state index contributed by atoms with van der Waals surface area (Å²) in [5.41, 5.74) is 0. The number of carbonyl (C=O) groups is 1. The summed E-state index contributed by atoms with van der Waals surface area (Å²) in [6.45, 7) is -0.0281. The van der Waals surface area contributed by atoms with Crippen molar-refractivity contribution in [3.05, 3.63) is 17.5 Å². The third-order valence-corrected chi connectivity index (χ3v) is 4.41. The maximum atomic E-state index is 11.6. The molecule has 1 aliphatic rings. The van der Waals surface area contributed by atoms with Gasteiger partial charge >= 0.3 is 0 Å². The zero-order chi connectivity index (χ0) is 12.6. The molecule has 1 amide bonds. The molecule has 1 aliphatic heterocycles. The fourth-order valence-corrected chi connectivity index (χ4v) is 2.72. The molecule has 1 fully saturated rings. The first-order chi connectivity index (χ1) is 7.88. The summed E-state index contributed by atoms with van der Waals surface area (Å²) in [7, 11) is 1.46. The quantitative estimate of drug-likeness (QED) is 0.754. The lowest BCUT2D eigenvalue weighted by molar-refractivity contribution is -0.117. The third kappa shape index (κ3) is 2.67. The minimum atomic E-state index is -3.76. The Bertz CT molecular complexity index is 563. The largest absolute Gasteiger partial charge is 0.294 e. The van der Waals surface area contributed by atoms with Crippen molar-refractivity contribution in [3.8, 4) is 0 Å². The molecule has 6 nitrogen and oxygen atoms in total. The van der Waals surface area contributed by atoms with Gasteiger partial charge in [-0.25, -0.2) is 13.4 Å². The number of aromatic nitrogens is 2. The Morgan fingerprint density at radius 2 is 2.12 bits per heavy atom. The summed E-state index contributed by atoms with van der Waals surface area (Å²) in [5, 5.41) is -0.787. The van der Waals surface area contributed by atoms with Crippen molar-refractivity contribution >= 4 is 43.1 Å². The molecular weight excluding hydrogens is 289 g/mol. The summed E-state index contributed by atoms with van der Waals surface area (Å²) in [6.07, 6.45) is 2.51. The lowest BCUT2D eigenvalue weighted by Crippen LogP contribution is -2.27. The molecule has 0 radical (unpaired) electrons. The molecule has 9 heteroatoms. The SMILES string of the molecule is O=C1CC(S(=O)(=O)Cl)CN1c1cncc(Cl)n1. The highest BCUT2D eigenvalue weighted by atomic mass is 35.7. The highest BCUT2D eigenvalue weighted by molar-refractivity contribution is 8.14. The maximum absolute atomic E-state index is 11.6. The van der Waals surface area contributed by atoms with E-state index in [0.29, 0.717) is 0 Å². The van der Waals surface area contributed by atoms with Crippen molar-refractivity contribution in [1.29, 1.82) is 0 Å². The molecule has 0 saturated carbocycles. The topological polar surface area (TPSA) is 80.2 Å². The standard InChI is InChI=1S/C8H7Cl2N3O3S/c9-6-2-11-3-7(12-6)13-4-5(1-8(13)14)17(10,15)16/h2-3,5H,1,4H2. The number of amides is 1. The molecule has 0 N–H and O–H groups in total. The number of rotatable bonds is 2. The lowest BCUT2D eigenvalue weighted by Gasteiger charge is -2.14. The minimum Gasteiger partial charge on any atom is -0.294 e. The van der Waals surface area contributed by atoms with Gasteiger partial charge in [-0.15, -0.1) is 0 Å². The molecule has 17 heavy (non-hydrogen) atoms.